The van der Waals surface area contributed by atoms with Crippen LogP contribution in [0.3, 0.4) is 0 Å². The molecule has 1 unspecified atom stereocenters. The van der Waals surface area contributed by atoms with Crippen molar-refractivity contribution < 1.29 is 28.9 Å². The van der Waals surface area contributed by atoms with E-state index in [4.69, 9.17) is 19.3 Å². The van der Waals surface area contributed by atoms with Crippen LogP contribution in [0.2, 0.25) is 0 Å². The molecule has 2 rings (SSSR count). The van der Waals surface area contributed by atoms with Crippen molar-refractivity contribution in [2.75, 3.05) is 13.2 Å². The fourth-order valence-corrected chi connectivity index (χ4v) is 3.54. The average molecular weight is 471 g/mol. The standard InChI is InChI=1S/C28H38O6/c1-2-3-4-12-22-33-28(18-9-6-13-21-32-27(31)20-19-26(29)30)34-25-17-11-10-16-24(25)23-14-7-5-8-15-23/h5,7-8,10-11,14-17,28H,2-4,6,9,12-13,18-22H2,1H3,(H,29,30). The molecule has 186 valence electrons. The Morgan fingerprint density at radius 1 is 0.824 bits per heavy atom. The second-order valence-corrected chi connectivity index (χ2v) is 8.30. The fourth-order valence-electron chi connectivity index (χ4n) is 3.54. The molecule has 0 fully saturated rings. The maximum absolute atomic E-state index is 11.5. The van der Waals surface area contributed by atoms with Gasteiger partial charge in [0.2, 0.25) is 0 Å². The Labute approximate surface area is 203 Å². The second kappa shape index (κ2) is 16.7. The lowest BCUT2D eigenvalue weighted by Gasteiger charge is -2.21. The minimum absolute atomic E-state index is 0.0854. The average Bonchev–Trinajstić information content (AvgIpc) is 2.85. The molecule has 0 bridgehead atoms. The van der Waals surface area contributed by atoms with Gasteiger partial charge in [-0.15, -0.1) is 0 Å². The zero-order valence-corrected chi connectivity index (χ0v) is 20.2. The van der Waals surface area contributed by atoms with Crippen LogP contribution in [-0.2, 0) is 19.1 Å². The number of para-hydroxylation sites is 1. The first-order chi connectivity index (χ1) is 16.6. The molecule has 0 aliphatic heterocycles. The number of carbonyl (C=O) groups excluding carboxylic acids is 1. The van der Waals surface area contributed by atoms with Crippen molar-refractivity contribution >= 4 is 11.9 Å². The number of esters is 1. The van der Waals surface area contributed by atoms with Crippen molar-refractivity contribution in [2.24, 2.45) is 0 Å². The molecule has 2 aromatic carbocycles. The van der Waals surface area contributed by atoms with Crippen LogP contribution >= 0.6 is 0 Å². The van der Waals surface area contributed by atoms with Crippen LogP contribution in [-0.4, -0.2) is 36.5 Å². The van der Waals surface area contributed by atoms with Gasteiger partial charge < -0.3 is 19.3 Å². The lowest BCUT2D eigenvalue weighted by atomic mass is 10.0. The number of ether oxygens (including phenoxy) is 3. The third-order valence-electron chi connectivity index (χ3n) is 5.42. The van der Waals surface area contributed by atoms with E-state index in [9.17, 15) is 9.59 Å². The highest BCUT2D eigenvalue weighted by molar-refractivity contribution is 5.76. The Balaban J connectivity index is 1.85. The maximum atomic E-state index is 11.5. The minimum Gasteiger partial charge on any atom is -0.481 e. The Bertz CT molecular complexity index is 836. The van der Waals surface area contributed by atoms with E-state index < -0.39 is 11.9 Å². The van der Waals surface area contributed by atoms with Crippen molar-refractivity contribution in [3.8, 4) is 16.9 Å². The summed E-state index contributed by atoms with van der Waals surface area (Å²) >= 11 is 0. The predicted octanol–water partition coefficient (Wildman–Crippen LogP) is 6.62. The van der Waals surface area contributed by atoms with Crippen molar-refractivity contribution in [1.29, 1.82) is 0 Å². The molecule has 0 saturated heterocycles. The number of hydrogen-bond donors (Lipinski definition) is 1. The molecule has 0 saturated carbocycles. The van der Waals surface area contributed by atoms with Gasteiger partial charge >= 0.3 is 11.9 Å². The van der Waals surface area contributed by atoms with Gasteiger partial charge in [0.1, 0.15) is 5.75 Å². The summed E-state index contributed by atoms with van der Waals surface area (Å²) in [5.41, 5.74) is 2.14. The molecule has 1 N–H and O–H groups in total. The van der Waals surface area contributed by atoms with E-state index in [2.05, 4.69) is 25.1 Å². The van der Waals surface area contributed by atoms with E-state index in [1.54, 1.807) is 0 Å². The number of carbonyl (C=O) groups is 2. The zero-order valence-electron chi connectivity index (χ0n) is 20.2. The molecule has 1 atom stereocenters. The molecule has 0 aliphatic carbocycles. The van der Waals surface area contributed by atoms with Crippen LogP contribution in [0.5, 0.6) is 5.75 Å². The molecule has 2 aromatic rings. The van der Waals surface area contributed by atoms with Crippen LogP contribution in [0, 0.1) is 0 Å². The molecule has 0 amide bonds. The molecule has 0 heterocycles. The van der Waals surface area contributed by atoms with Gasteiger partial charge in [0, 0.05) is 12.0 Å². The highest BCUT2D eigenvalue weighted by atomic mass is 16.7. The van der Waals surface area contributed by atoms with Crippen LogP contribution in [0.25, 0.3) is 11.1 Å². The largest absolute Gasteiger partial charge is 0.481 e. The summed E-state index contributed by atoms with van der Waals surface area (Å²) in [6.45, 7) is 3.16. The molecule has 6 nitrogen and oxygen atoms in total. The first kappa shape index (κ1) is 27.4. The Morgan fingerprint density at radius 3 is 2.29 bits per heavy atom. The van der Waals surface area contributed by atoms with Crippen molar-refractivity contribution in [1.82, 2.24) is 0 Å². The topological polar surface area (TPSA) is 82.1 Å². The molecule has 0 aliphatic rings. The van der Waals surface area contributed by atoms with E-state index in [0.717, 1.165) is 55.4 Å². The molecule has 0 spiro atoms. The third kappa shape index (κ3) is 11.3. The SMILES string of the molecule is CCCCCCOC(CCCCCOC(=O)CCC(=O)O)Oc1ccccc1-c1ccccc1. The highest BCUT2D eigenvalue weighted by Gasteiger charge is 2.14. The summed E-state index contributed by atoms with van der Waals surface area (Å²) in [6.07, 6.45) is 7.14. The van der Waals surface area contributed by atoms with Gasteiger partial charge in [-0.1, -0.05) is 74.7 Å². The molecular weight excluding hydrogens is 432 g/mol. The minimum atomic E-state index is -0.994. The summed E-state index contributed by atoms with van der Waals surface area (Å²) in [5.74, 6) is -0.650. The van der Waals surface area contributed by atoms with E-state index in [0.29, 0.717) is 13.2 Å². The normalized spacial score (nSPS) is 11.7. The molecule has 0 aromatic heterocycles. The van der Waals surface area contributed by atoms with Crippen molar-refractivity contribution in [3.63, 3.8) is 0 Å². The monoisotopic (exact) mass is 470 g/mol. The number of carboxylic acid groups (broad SMARTS) is 1. The number of rotatable bonds is 18. The summed E-state index contributed by atoms with van der Waals surface area (Å²) in [4.78, 5) is 22.0. The smallest absolute Gasteiger partial charge is 0.306 e. The van der Waals surface area contributed by atoms with Gasteiger partial charge in [0.25, 0.3) is 0 Å². The first-order valence-electron chi connectivity index (χ1n) is 12.4. The van der Waals surface area contributed by atoms with Crippen molar-refractivity contribution in [3.05, 3.63) is 54.6 Å². The summed E-state index contributed by atoms with van der Waals surface area (Å²) < 4.78 is 17.6. The quantitative estimate of drug-likeness (QED) is 0.150. The Morgan fingerprint density at radius 2 is 1.53 bits per heavy atom. The lowest BCUT2D eigenvalue weighted by molar-refractivity contribution is -0.147. The van der Waals surface area contributed by atoms with E-state index in [-0.39, 0.29) is 19.1 Å². The van der Waals surface area contributed by atoms with Crippen LogP contribution in [0.15, 0.2) is 54.6 Å². The van der Waals surface area contributed by atoms with Gasteiger partial charge in [0.15, 0.2) is 6.29 Å². The van der Waals surface area contributed by atoms with Crippen LogP contribution in [0.1, 0.15) is 71.1 Å². The number of unbranched alkanes of at least 4 members (excludes halogenated alkanes) is 5. The zero-order chi connectivity index (χ0) is 24.4. The maximum Gasteiger partial charge on any atom is 0.306 e. The predicted molar refractivity (Wildman–Crippen MR) is 133 cm³/mol. The number of carboxylic acids is 1. The summed E-state index contributed by atoms with van der Waals surface area (Å²) in [6, 6.07) is 18.2. The van der Waals surface area contributed by atoms with Crippen molar-refractivity contribution in [2.45, 2.75) is 77.4 Å². The second-order valence-electron chi connectivity index (χ2n) is 8.30. The van der Waals surface area contributed by atoms with Gasteiger partial charge in [-0.05, 0) is 37.3 Å². The number of hydrogen-bond acceptors (Lipinski definition) is 5. The van der Waals surface area contributed by atoms with Gasteiger partial charge in [-0.2, -0.15) is 0 Å². The molecule has 6 heteroatoms. The van der Waals surface area contributed by atoms with E-state index in [1.807, 2.05) is 36.4 Å². The van der Waals surface area contributed by atoms with Crippen LogP contribution in [0.4, 0.5) is 0 Å². The van der Waals surface area contributed by atoms with Gasteiger partial charge in [-0.25, -0.2) is 0 Å². The number of benzene rings is 2. The molecule has 34 heavy (non-hydrogen) atoms. The first-order valence-corrected chi connectivity index (χ1v) is 12.4. The van der Waals surface area contributed by atoms with Crippen LogP contribution < -0.4 is 4.74 Å². The van der Waals surface area contributed by atoms with Gasteiger partial charge in [-0.3, -0.25) is 9.59 Å². The summed E-state index contributed by atoms with van der Waals surface area (Å²) in [5, 5.41) is 8.62. The Kier molecular flexibility index (Phi) is 13.5. The van der Waals surface area contributed by atoms with Gasteiger partial charge in [0.05, 0.1) is 26.1 Å². The third-order valence-corrected chi connectivity index (χ3v) is 5.42. The Hall–Kier alpha value is -2.86. The fraction of sp³-hybridized carbons (Fsp3) is 0.500. The number of aliphatic carboxylic acids is 1. The highest BCUT2D eigenvalue weighted by Crippen LogP contribution is 2.31. The van der Waals surface area contributed by atoms with E-state index >= 15 is 0 Å². The summed E-state index contributed by atoms with van der Waals surface area (Å²) in [7, 11) is 0. The molecule has 0 radical (unpaired) electrons. The van der Waals surface area contributed by atoms with E-state index in [1.165, 1.54) is 12.8 Å². The molecular formula is C28H38O6. The lowest BCUT2D eigenvalue weighted by Crippen LogP contribution is -2.21.